The Bertz CT molecular complexity index is 823. The zero-order valence-corrected chi connectivity index (χ0v) is 15.3. The van der Waals surface area contributed by atoms with Gasteiger partial charge in [0.05, 0.1) is 5.56 Å². The molecule has 0 saturated heterocycles. The van der Waals surface area contributed by atoms with Crippen LogP contribution in [0.15, 0.2) is 48.5 Å². The molecule has 0 unspecified atom stereocenters. The molecule has 0 N–H and O–H groups in total. The molecule has 2 aromatic rings. The first-order valence-electron chi connectivity index (χ1n) is 8.45. The van der Waals surface area contributed by atoms with Crippen LogP contribution in [0.4, 0.5) is 29.3 Å². The van der Waals surface area contributed by atoms with Crippen molar-refractivity contribution in [1.82, 2.24) is 0 Å². The van der Waals surface area contributed by atoms with Crippen molar-refractivity contribution in [3.8, 4) is 12.3 Å². The summed E-state index contributed by atoms with van der Waals surface area (Å²) >= 11 is 0. The van der Waals surface area contributed by atoms with Crippen LogP contribution in [-0.2, 0) is 12.6 Å². The first-order valence-corrected chi connectivity index (χ1v) is 8.45. The van der Waals surface area contributed by atoms with E-state index in [0.717, 1.165) is 36.2 Å². The molecule has 2 aromatic carbocycles. The molecule has 0 fully saturated rings. The summed E-state index contributed by atoms with van der Waals surface area (Å²) in [6, 6.07) is 11.7. The molecular weight excluding hydrogens is 353 g/mol. The number of carbonyl (C=O) groups is 1. The van der Waals surface area contributed by atoms with Gasteiger partial charge in [-0.05, 0) is 48.7 Å². The van der Waals surface area contributed by atoms with Gasteiger partial charge in [0.25, 0.3) is 0 Å². The van der Waals surface area contributed by atoms with Crippen molar-refractivity contribution in [1.29, 1.82) is 0 Å². The molecule has 0 saturated carbocycles. The summed E-state index contributed by atoms with van der Waals surface area (Å²) < 4.78 is 38.1. The molecule has 0 heterocycles. The second-order valence-electron chi connectivity index (χ2n) is 6.13. The number of hydrogen-bond donors (Lipinski definition) is 0. The van der Waals surface area contributed by atoms with Crippen molar-refractivity contribution in [3.63, 3.8) is 0 Å². The van der Waals surface area contributed by atoms with Crippen molar-refractivity contribution in [2.45, 2.75) is 25.4 Å². The van der Waals surface area contributed by atoms with Gasteiger partial charge in [-0.1, -0.05) is 18.2 Å². The number of aryl methyl sites for hydroxylation is 1. The molecule has 0 atom stereocenters. The normalized spacial score (nSPS) is 11.0. The smallest absolute Gasteiger partial charge is 0.297 e. The number of terminal acetylenes is 1. The minimum Gasteiger partial charge on any atom is -0.297 e. The molecule has 0 radical (unpaired) electrons. The highest BCUT2D eigenvalue weighted by Gasteiger charge is 2.30. The van der Waals surface area contributed by atoms with Crippen LogP contribution in [0.5, 0.6) is 0 Å². The van der Waals surface area contributed by atoms with Crippen LogP contribution in [0, 0.1) is 12.3 Å². The van der Waals surface area contributed by atoms with Crippen LogP contribution >= 0.6 is 0 Å². The highest BCUT2D eigenvalue weighted by molar-refractivity contribution is 6.03. The summed E-state index contributed by atoms with van der Waals surface area (Å²) in [7, 11) is 3.17. The second kappa shape index (κ2) is 8.63. The van der Waals surface area contributed by atoms with E-state index in [9.17, 15) is 18.0 Å². The van der Waals surface area contributed by atoms with E-state index in [0.29, 0.717) is 12.1 Å². The van der Waals surface area contributed by atoms with Gasteiger partial charge in [0.2, 0.25) is 0 Å². The first-order chi connectivity index (χ1) is 12.8. The fraction of sp³-hybridized carbons (Fsp3) is 0.286. The standard InChI is InChI=1S/C21H21F3N2O/c1-4-5-6-9-16-10-7-8-11-19(16)26(3)20(27)25(2)18-14-12-17(13-15-18)21(22,23)24/h1,7-8,10-15H,5-6,9H2,2-3H3. The van der Waals surface area contributed by atoms with E-state index in [1.807, 2.05) is 24.3 Å². The van der Waals surface area contributed by atoms with Gasteiger partial charge in [-0.3, -0.25) is 9.80 Å². The molecule has 0 aromatic heterocycles. The number of nitrogens with zero attached hydrogens (tertiary/aromatic N) is 2. The third kappa shape index (κ3) is 5.04. The van der Waals surface area contributed by atoms with Crippen molar-refractivity contribution in [3.05, 3.63) is 59.7 Å². The molecule has 0 aliphatic carbocycles. The molecule has 0 aliphatic heterocycles. The average molecular weight is 374 g/mol. The van der Waals surface area contributed by atoms with Crippen LogP contribution in [0.25, 0.3) is 0 Å². The predicted octanol–water partition coefficient (Wildman–Crippen LogP) is 5.35. The van der Waals surface area contributed by atoms with Crippen LogP contribution in [0.3, 0.4) is 0 Å². The van der Waals surface area contributed by atoms with Crippen molar-refractivity contribution >= 4 is 17.4 Å². The van der Waals surface area contributed by atoms with Gasteiger partial charge in [-0.15, -0.1) is 12.3 Å². The Labute approximate surface area is 157 Å². The second-order valence-corrected chi connectivity index (χ2v) is 6.13. The number of amides is 2. The Morgan fingerprint density at radius 2 is 1.67 bits per heavy atom. The number of halogens is 3. The van der Waals surface area contributed by atoms with E-state index in [-0.39, 0.29) is 6.03 Å². The van der Waals surface area contributed by atoms with Gasteiger partial charge < -0.3 is 0 Å². The zero-order chi connectivity index (χ0) is 20.0. The minimum atomic E-state index is -4.41. The number of unbranched alkanes of at least 4 members (excludes halogenated alkanes) is 1. The quantitative estimate of drug-likeness (QED) is 0.511. The molecule has 142 valence electrons. The Kier molecular flexibility index (Phi) is 6.51. The van der Waals surface area contributed by atoms with Gasteiger partial charge in [-0.25, -0.2) is 4.79 Å². The van der Waals surface area contributed by atoms with Gasteiger partial charge in [0, 0.05) is 31.9 Å². The fourth-order valence-corrected chi connectivity index (χ4v) is 2.74. The van der Waals surface area contributed by atoms with Crippen molar-refractivity contribution in [2.75, 3.05) is 23.9 Å². The SMILES string of the molecule is C#CCCCc1ccccc1N(C)C(=O)N(C)c1ccc(C(F)(F)F)cc1. The number of benzene rings is 2. The lowest BCUT2D eigenvalue weighted by molar-refractivity contribution is -0.137. The van der Waals surface area contributed by atoms with Crippen LogP contribution in [-0.4, -0.2) is 20.1 Å². The molecule has 0 spiro atoms. The van der Waals surface area contributed by atoms with E-state index >= 15 is 0 Å². The molecule has 2 amide bonds. The van der Waals surface area contributed by atoms with Gasteiger partial charge in [0.15, 0.2) is 0 Å². The Balaban J connectivity index is 2.18. The maximum absolute atomic E-state index is 12.8. The number of carbonyl (C=O) groups excluding carboxylic acids is 1. The van der Waals surface area contributed by atoms with Crippen LogP contribution < -0.4 is 9.80 Å². The summed E-state index contributed by atoms with van der Waals surface area (Å²) in [5.74, 6) is 2.60. The summed E-state index contributed by atoms with van der Waals surface area (Å²) in [4.78, 5) is 15.6. The monoisotopic (exact) mass is 374 g/mol. The van der Waals surface area contributed by atoms with Gasteiger partial charge >= 0.3 is 12.2 Å². The molecule has 2 rings (SSSR count). The topological polar surface area (TPSA) is 23.6 Å². The number of hydrogen-bond acceptors (Lipinski definition) is 1. The maximum atomic E-state index is 12.8. The lowest BCUT2D eigenvalue weighted by Crippen LogP contribution is -2.39. The molecule has 0 bridgehead atoms. The molecule has 3 nitrogen and oxygen atoms in total. The van der Waals surface area contributed by atoms with Crippen LogP contribution in [0.1, 0.15) is 24.0 Å². The molecule has 27 heavy (non-hydrogen) atoms. The van der Waals surface area contributed by atoms with Crippen molar-refractivity contribution in [2.24, 2.45) is 0 Å². The average Bonchev–Trinajstić information content (AvgIpc) is 2.66. The Hall–Kier alpha value is -2.94. The number of rotatable bonds is 5. The maximum Gasteiger partial charge on any atom is 0.416 e. The summed E-state index contributed by atoms with van der Waals surface area (Å²) in [5, 5.41) is 0. The Morgan fingerprint density at radius 3 is 2.26 bits per heavy atom. The minimum absolute atomic E-state index is 0.348. The summed E-state index contributed by atoms with van der Waals surface area (Å²) in [5.41, 5.74) is 1.37. The van der Waals surface area contributed by atoms with Gasteiger partial charge in [-0.2, -0.15) is 13.2 Å². The molecule has 6 heteroatoms. The zero-order valence-electron chi connectivity index (χ0n) is 15.3. The lowest BCUT2D eigenvalue weighted by atomic mass is 10.1. The number of alkyl halides is 3. The summed E-state index contributed by atoms with van der Waals surface area (Å²) in [6.45, 7) is 0. The highest BCUT2D eigenvalue weighted by atomic mass is 19.4. The van der Waals surface area contributed by atoms with Crippen molar-refractivity contribution < 1.29 is 18.0 Å². The fourth-order valence-electron chi connectivity index (χ4n) is 2.74. The lowest BCUT2D eigenvalue weighted by Gasteiger charge is -2.27. The number of para-hydroxylation sites is 1. The predicted molar refractivity (Wildman–Crippen MR) is 102 cm³/mol. The third-order valence-electron chi connectivity index (χ3n) is 4.28. The number of anilines is 2. The van der Waals surface area contributed by atoms with E-state index in [2.05, 4.69) is 5.92 Å². The van der Waals surface area contributed by atoms with E-state index < -0.39 is 11.7 Å². The van der Waals surface area contributed by atoms with E-state index in [4.69, 9.17) is 6.42 Å². The molecular formula is C21H21F3N2O. The summed E-state index contributed by atoms with van der Waals surface area (Å²) in [6.07, 6.45) is 3.08. The van der Waals surface area contributed by atoms with E-state index in [1.54, 1.807) is 7.05 Å². The highest BCUT2D eigenvalue weighted by Crippen LogP contribution is 2.31. The largest absolute Gasteiger partial charge is 0.416 e. The van der Waals surface area contributed by atoms with E-state index in [1.165, 1.54) is 29.0 Å². The Morgan fingerprint density at radius 1 is 1.04 bits per heavy atom. The molecule has 0 aliphatic rings. The van der Waals surface area contributed by atoms with Gasteiger partial charge in [0.1, 0.15) is 0 Å². The third-order valence-corrected chi connectivity index (χ3v) is 4.28. The number of urea groups is 1. The van der Waals surface area contributed by atoms with Crippen LogP contribution in [0.2, 0.25) is 0 Å². The first kappa shape index (κ1) is 20.4.